The van der Waals surface area contributed by atoms with Crippen LogP contribution in [0.3, 0.4) is 0 Å². The third-order valence-corrected chi connectivity index (χ3v) is 4.35. The average molecular weight is 408 g/mol. The molecule has 2 aromatic heterocycles. The molecule has 0 N–H and O–H groups in total. The Kier molecular flexibility index (Phi) is 5.79. The molecule has 2 heterocycles. The number of hydrogen-bond acceptors (Lipinski definition) is 6. The van der Waals surface area contributed by atoms with E-state index in [0.29, 0.717) is 28.8 Å². The van der Waals surface area contributed by atoms with Crippen LogP contribution in [-0.4, -0.2) is 31.6 Å². The monoisotopic (exact) mass is 407 g/mol. The van der Waals surface area contributed by atoms with E-state index in [4.69, 9.17) is 21.1 Å². The van der Waals surface area contributed by atoms with Crippen LogP contribution in [0.15, 0.2) is 66.9 Å². The first-order valence-corrected chi connectivity index (χ1v) is 9.46. The predicted molar refractivity (Wildman–Crippen MR) is 110 cm³/mol. The zero-order valence-corrected chi connectivity index (χ0v) is 16.5. The quantitative estimate of drug-likeness (QED) is 0.436. The minimum atomic E-state index is 0.232. The highest BCUT2D eigenvalue weighted by molar-refractivity contribution is 6.30. The molecule has 4 rings (SSSR count). The van der Waals surface area contributed by atoms with Gasteiger partial charge in [-0.15, -0.1) is 5.10 Å². The van der Waals surface area contributed by atoms with Crippen LogP contribution in [-0.2, 0) is 11.5 Å². The number of ether oxygens (including phenoxy) is 2. The van der Waals surface area contributed by atoms with E-state index in [-0.39, 0.29) is 12.7 Å². The van der Waals surface area contributed by atoms with Gasteiger partial charge in [-0.05, 0) is 37.3 Å². The fraction of sp³-hybridized carbons (Fsp3) is 0.143. The second kappa shape index (κ2) is 8.81. The van der Waals surface area contributed by atoms with Crippen LogP contribution in [0, 0.1) is 0 Å². The van der Waals surface area contributed by atoms with Crippen LogP contribution in [0.25, 0.3) is 22.6 Å². The Bertz CT molecular complexity index is 1080. The molecule has 0 aliphatic carbocycles. The van der Waals surface area contributed by atoms with E-state index < -0.39 is 0 Å². The Balaban J connectivity index is 1.73. The van der Waals surface area contributed by atoms with Crippen LogP contribution >= 0.6 is 11.6 Å². The lowest BCUT2D eigenvalue weighted by Gasteiger charge is -2.09. The Morgan fingerprint density at radius 3 is 2.55 bits per heavy atom. The van der Waals surface area contributed by atoms with E-state index >= 15 is 0 Å². The molecule has 0 spiro atoms. The second-order valence-corrected chi connectivity index (χ2v) is 6.49. The van der Waals surface area contributed by atoms with Gasteiger partial charge in [0.15, 0.2) is 0 Å². The summed E-state index contributed by atoms with van der Waals surface area (Å²) in [6.07, 6.45) is 1.63. The number of para-hydroxylation sites is 1. The van der Waals surface area contributed by atoms with Crippen LogP contribution < -0.4 is 4.74 Å². The molecule has 0 aliphatic heterocycles. The molecule has 0 saturated heterocycles. The van der Waals surface area contributed by atoms with Crippen molar-refractivity contribution in [3.05, 3.63) is 71.9 Å². The topological polar surface area (TPSA) is 75.0 Å². The molecular weight excluding hydrogens is 390 g/mol. The van der Waals surface area contributed by atoms with Crippen molar-refractivity contribution in [2.45, 2.75) is 13.7 Å². The molecule has 0 radical (unpaired) electrons. The molecule has 0 amide bonds. The summed E-state index contributed by atoms with van der Waals surface area (Å²) in [6, 6.07) is 18.8. The number of halogens is 1. The van der Waals surface area contributed by atoms with E-state index in [2.05, 4.69) is 20.3 Å². The highest BCUT2D eigenvalue weighted by Crippen LogP contribution is 2.31. The molecule has 146 valence electrons. The summed E-state index contributed by atoms with van der Waals surface area (Å²) in [5.41, 5.74) is 2.88. The fourth-order valence-electron chi connectivity index (χ4n) is 2.76. The van der Waals surface area contributed by atoms with Crippen LogP contribution in [0.1, 0.15) is 6.92 Å². The maximum absolute atomic E-state index is 6.05. The van der Waals surface area contributed by atoms with Gasteiger partial charge in [0, 0.05) is 23.4 Å². The largest absolute Gasteiger partial charge is 0.424 e. The molecule has 0 unspecified atom stereocenters. The summed E-state index contributed by atoms with van der Waals surface area (Å²) >= 11 is 6.05. The highest BCUT2D eigenvalue weighted by Gasteiger charge is 2.19. The fourth-order valence-corrected chi connectivity index (χ4v) is 2.89. The van der Waals surface area contributed by atoms with Crippen molar-refractivity contribution in [2.24, 2.45) is 0 Å². The van der Waals surface area contributed by atoms with E-state index in [0.717, 1.165) is 11.3 Å². The standard InChI is InChI=1S/C21H18ClN5O2/c1-2-28-14-27-20(15-8-10-16(22)11-9-15)19(25-26-27)18-12-13-23-21(24-18)29-17-6-4-3-5-7-17/h3-13H,2,14H2,1H3. The molecule has 0 atom stereocenters. The van der Waals surface area contributed by atoms with E-state index in [1.165, 1.54) is 0 Å². The van der Waals surface area contributed by atoms with Crippen molar-refractivity contribution in [1.82, 2.24) is 25.0 Å². The molecule has 2 aromatic carbocycles. The van der Waals surface area contributed by atoms with Crippen molar-refractivity contribution < 1.29 is 9.47 Å². The predicted octanol–water partition coefficient (Wildman–Crippen LogP) is 4.84. The lowest BCUT2D eigenvalue weighted by molar-refractivity contribution is 0.0790. The normalized spacial score (nSPS) is 10.8. The Morgan fingerprint density at radius 2 is 1.79 bits per heavy atom. The Morgan fingerprint density at radius 1 is 1.00 bits per heavy atom. The number of aromatic nitrogens is 5. The number of nitrogens with zero attached hydrogens (tertiary/aromatic N) is 5. The Labute approximate surface area is 172 Å². The van der Waals surface area contributed by atoms with Crippen molar-refractivity contribution in [2.75, 3.05) is 6.61 Å². The van der Waals surface area contributed by atoms with Gasteiger partial charge >= 0.3 is 6.01 Å². The lowest BCUT2D eigenvalue weighted by Crippen LogP contribution is -2.06. The molecule has 0 aliphatic rings. The van der Waals surface area contributed by atoms with E-state index in [1.54, 1.807) is 16.9 Å². The number of hydrogen-bond donors (Lipinski definition) is 0. The summed E-state index contributed by atoms with van der Waals surface area (Å²) in [7, 11) is 0. The zero-order valence-electron chi connectivity index (χ0n) is 15.7. The number of benzene rings is 2. The van der Waals surface area contributed by atoms with Gasteiger partial charge in [0.05, 0.1) is 0 Å². The van der Waals surface area contributed by atoms with Gasteiger partial charge in [-0.3, -0.25) is 0 Å². The minimum absolute atomic E-state index is 0.232. The summed E-state index contributed by atoms with van der Waals surface area (Å²) in [5.74, 6) is 0.655. The molecule has 4 aromatic rings. The van der Waals surface area contributed by atoms with Crippen LogP contribution in [0.4, 0.5) is 0 Å². The molecule has 0 saturated carbocycles. The lowest BCUT2D eigenvalue weighted by atomic mass is 10.1. The van der Waals surface area contributed by atoms with Crippen LogP contribution in [0.2, 0.25) is 5.02 Å². The smallest absolute Gasteiger partial charge is 0.322 e. The van der Waals surface area contributed by atoms with Gasteiger partial charge in [-0.25, -0.2) is 9.67 Å². The molecule has 0 bridgehead atoms. The second-order valence-electron chi connectivity index (χ2n) is 6.05. The molecule has 0 fully saturated rings. The average Bonchev–Trinajstić information content (AvgIpc) is 3.18. The summed E-state index contributed by atoms with van der Waals surface area (Å²) in [5, 5.41) is 9.24. The molecule has 7 nitrogen and oxygen atoms in total. The third-order valence-electron chi connectivity index (χ3n) is 4.10. The van der Waals surface area contributed by atoms with Gasteiger partial charge in [0.25, 0.3) is 0 Å². The summed E-state index contributed by atoms with van der Waals surface area (Å²) < 4.78 is 13.0. The van der Waals surface area contributed by atoms with Gasteiger partial charge in [0.1, 0.15) is 29.6 Å². The first-order chi connectivity index (χ1) is 14.2. The Hall–Kier alpha value is -3.29. The van der Waals surface area contributed by atoms with Crippen molar-refractivity contribution in [3.63, 3.8) is 0 Å². The zero-order chi connectivity index (χ0) is 20.1. The maximum Gasteiger partial charge on any atom is 0.322 e. The highest BCUT2D eigenvalue weighted by atomic mass is 35.5. The molecule has 29 heavy (non-hydrogen) atoms. The van der Waals surface area contributed by atoms with E-state index in [1.807, 2.05) is 61.5 Å². The van der Waals surface area contributed by atoms with Gasteiger partial charge in [-0.1, -0.05) is 47.1 Å². The van der Waals surface area contributed by atoms with Crippen molar-refractivity contribution >= 4 is 11.6 Å². The SMILES string of the molecule is CCOCn1nnc(-c2ccnc(Oc3ccccc3)n2)c1-c1ccc(Cl)cc1. The van der Waals surface area contributed by atoms with Gasteiger partial charge in [0.2, 0.25) is 0 Å². The van der Waals surface area contributed by atoms with Gasteiger partial charge < -0.3 is 9.47 Å². The first-order valence-electron chi connectivity index (χ1n) is 9.08. The molecular formula is C21H18ClN5O2. The van der Waals surface area contributed by atoms with Crippen molar-refractivity contribution in [3.8, 4) is 34.4 Å². The maximum atomic E-state index is 6.05. The van der Waals surface area contributed by atoms with E-state index in [9.17, 15) is 0 Å². The summed E-state index contributed by atoms with van der Waals surface area (Å²) in [6.45, 7) is 2.77. The first kappa shape index (κ1) is 19.0. The minimum Gasteiger partial charge on any atom is -0.424 e. The third kappa shape index (κ3) is 4.42. The van der Waals surface area contributed by atoms with Crippen LogP contribution in [0.5, 0.6) is 11.8 Å². The number of rotatable bonds is 7. The summed E-state index contributed by atoms with van der Waals surface area (Å²) in [4.78, 5) is 8.72. The van der Waals surface area contributed by atoms with Crippen molar-refractivity contribution in [1.29, 1.82) is 0 Å². The van der Waals surface area contributed by atoms with Gasteiger partial charge in [-0.2, -0.15) is 4.98 Å². The molecule has 8 heteroatoms.